The predicted octanol–water partition coefficient (Wildman–Crippen LogP) is 1.10. The Hall–Kier alpha value is -1.49. The number of nitrogens with zero attached hydrogens (tertiary/aromatic N) is 2. The van der Waals surface area contributed by atoms with Gasteiger partial charge in [0.2, 0.25) is 5.91 Å². The number of carbonyl (C=O) groups excluding carboxylic acids is 1. The molecule has 0 aliphatic carbocycles. The van der Waals surface area contributed by atoms with E-state index in [9.17, 15) is 18.0 Å². The Balaban J connectivity index is 1.90. The maximum atomic E-state index is 12.6. The van der Waals surface area contributed by atoms with Crippen molar-refractivity contribution in [3.8, 4) is 0 Å². The molecule has 1 aliphatic rings. The lowest BCUT2D eigenvalue weighted by atomic mass is 10.3. The van der Waals surface area contributed by atoms with Gasteiger partial charge >= 0.3 is 5.97 Å². The van der Waals surface area contributed by atoms with Gasteiger partial charge in [-0.15, -0.1) is 11.3 Å². The molecule has 0 saturated carbocycles. The molecule has 140 valence electrons. The maximum Gasteiger partial charge on any atom is 0.336 e. The minimum Gasteiger partial charge on any atom is -0.478 e. The number of carbonyl (C=O) groups is 2. The molecule has 0 aromatic carbocycles. The van der Waals surface area contributed by atoms with Gasteiger partial charge in [0.25, 0.3) is 10.0 Å². The lowest BCUT2D eigenvalue weighted by Crippen LogP contribution is -2.51. The van der Waals surface area contributed by atoms with Crippen LogP contribution in [0.4, 0.5) is 0 Å². The molecule has 1 aliphatic heterocycles. The lowest BCUT2D eigenvalue weighted by molar-refractivity contribution is -0.137. The molecule has 0 bridgehead atoms. The number of carboxylic acid groups (broad SMARTS) is 1. The number of ether oxygens (including phenoxy) is 1. The van der Waals surface area contributed by atoms with Crippen LogP contribution in [-0.2, 0) is 19.6 Å². The van der Waals surface area contributed by atoms with Gasteiger partial charge < -0.3 is 14.7 Å². The zero-order valence-corrected chi connectivity index (χ0v) is 15.6. The van der Waals surface area contributed by atoms with E-state index in [1.165, 1.54) is 15.8 Å². The largest absolute Gasteiger partial charge is 0.478 e. The fraction of sp³-hybridized carbons (Fsp3) is 0.600. The Kier molecular flexibility index (Phi) is 6.94. The minimum absolute atomic E-state index is 0.00701. The van der Waals surface area contributed by atoms with Crippen LogP contribution in [0.2, 0.25) is 0 Å². The highest BCUT2D eigenvalue weighted by Crippen LogP contribution is 2.25. The molecule has 1 saturated heterocycles. The normalized spacial score (nSPS) is 16.1. The molecule has 0 unspecified atom stereocenters. The summed E-state index contributed by atoms with van der Waals surface area (Å²) in [6, 6.07) is 1.17. The van der Waals surface area contributed by atoms with E-state index in [4.69, 9.17) is 9.84 Å². The minimum atomic E-state index is -3.73. The highest BCUT2D eigenvalue weighted by molar-refractivity contribution is 7.91. The zero-order valence-electron chi connectivity index (χ0n) is 14.0. The van der Waals surface area contributed by atoms with Crippen molar-refractivity contribution in [1.82, 2.24) is 9.21 Å². The van der Waals surface area contributed by atoms with Crippen LogP contribution in [-0.4, -0.2) is 74.0 Å². The third-order valence-electron chi connectivity index (χ3n) is 3.88. The Morgan fingerprint density at radius 2 is 1.96 bits per heavy atom. The summed E-state index contributed by atoms with van der Waals surface area (Å²) < 4.78 is 31.7. The fourth-order valence-electron chi connectivity index (χ4n) is 2.37. The van der Waals surface area contributed by atoms with Crippen LogP contribution in [0.3, 0.4) is 0 Å². The second-order valence-corrected chi connectivity index (χ2v) is 8.73. The van der Waals surface area contributed by atoms with Crippen molar-refractivity contribution >= 4 is 33.2 Å². The molecule has 1 aromatic rings. The zero-order chi connectivity index (χ0) is 18.4. The van der Waals surface area contributed by atoms with Gasteiger partial charge in [-0.2, -0.15) is 4.31 Å². The standard InChI is InChI=1S/C15H22N2O6S2/c1-2-3-8-23-10-13(18)16-4-6-17(7-5-16)25(21,22)14-9-12(11-24-14)15(19)20/h9,11H,2-8,10H2,1H3,(H,19,20). The first-order valence-corrected chi connectivity index (χ1v) is 10.4. The number of thiophene rings is 1. The lowest BCUT2D eigenvalue weighted by Gasteiger charge is -2.33. The Labute approximate surface area is 151 Å². The Bertz CT molecular complexity index is 707. The van der Waals surface area contributed by atoms with Gasteiger partial charge in [0.1, 0.15) is 10.8 Å². The van der Waals surface area contributed by atoms with Gasteiger partial charge in [-0.3, -0.25) is 4.79 Å². The van der Waals surface area contributed by atoms with E-state index in [1.54, 1.807) is 4.90 Å². The molecule has 0 radical (unpaired) electrons. The van der Waals surface area contributed by atoms with Gasteiger partial charge in [-0.25, -0.2) is 13.2 Å². The molecule has 1 amide bonds. The van der Waals surface area contributed by atoms with Crippen LogP contribution >= 0.6 is 11.3 Å². The van der Waals surface area contributed by atoms with Gasteiger partial charge in [0, 0.05) is 38.2 Å². The number of rotatable bonds is 8. The summed E-state index contributed by atoms with van der Waals surface area (Å²) in [5.74, 6) is -1.30. The molecular weight excluding hydrogens is 368 g/mol. The third kappa shape index (κ3) is 5.00. The monoisotopic (exact) mass is 390 g/mol. The first kappa shape index (κ1) is 19.8. The van der Waals surface area contributed by atoms with Gasteiger partial charge in [-0.1, -0.05) is 13.3 Å². The maximum absolute atomic E-state index is 12.6. The molecule has 8 nitrogen and oxygen atoms in total. The molecule has 10 heteroatoms. The SMILES string of the molecule is CCCCOCC(=O)N1CCN(S(=O)(=O)c2cc(C(=O)O)cs2)CC1. The van der Waals surface area contributed by atoms with E-state index in [2.05, 4.69) is 0 Å². The predicted molar refractivity (Wildman–Crippen MR) is 92.3 cm³/mol. The molecule has 2 heterocycles. The number of aromatic carboxylic acids is 1. The highest BCUT2D eigenvalue weighted by Gasteiger charge is 2.31. The van der Waals surface area contributed by atoms with Gasteiger partial charge in [0.15, 0.2) is 0 Å². The number of unbranched alkanes of at least 4 members (excludes halogenated alkanes) is 1. The average Bonchev–Trinajstić information content (AvgIpc) is 3.10. The van der Waals surface area contributed by atoms with Crippen molar-refractivity contribution in [2.75, 3.05) is 39.4 Å². The van der Waals surface area contributed by atoms with Crippen molar-refractivity contribution in [3.05, 3.63) is 17.0 Å². The number of amides is 1. The molecule has 25 heavy (non-hydrogen) atoms. The summed E-state index contributed by atoms with van der Waals surface area (Å²) in [7, 11) is -3.73. The second kappa shape index (κ2) is 8.75. The quantitative estimate of drug-likeness (QED) is 0.667. The van der Waals surface area contributed by atoms with Crippen LogP contribution in [0.15, 0.2) is 15.7 Å². The summed E-state index contributed by atoms with van der Waals surface area (Å²) >= 11 is 0.890. The third-order valence-corrected chi connectivity index (χ3v) is 7.19. The van der Waals surface area contributed by atoms with E-state index >= 15 is 0 Å². The van der Waals surface area contributed by atoms with Crippen LogP contribution in [0.1, 0.15) is 30.1 Å². The van der Waals surface area contributed by atoms with Crippen LogP contribution < -0.4 is 0 Å². The number of hydrogen-bond acceptors (Lipinski definition) is 6. The summed E-state index contributed by atoms with van der Waals surface area (Å²) in [5, 5.41) is 10.2. The summed E-state index contributed by atoms with van der Waals surface area (Å²) in [5.41, 5.74) is -0.0402. The fourth-order valence-corrected chi connectivity index (χ4v) is 5.09. The van der Waals surface area contributed by atoms with Crippen LogP contribution in [0, 0.1) is 0 Å². The molecular formula is C15H22N2O6S2. The first-order chi connectivity index (χ1) is 11.9. The Morgan fingerprint density at radius 3 is 2.52 bits per heavy atom. The van der Waals surface area contributed by atoms with E-state index in [0.717, 1.165) is 24.2 Å². The Morgan fingerprint density at radius 1 is 1.28 bits per heavy atom. The summed E-state index contributed by atoms with van der Waals surface area (Å²) in [6.45, 7) is 3.56. The number of hydrogen-bond donors (Lipinski definition) is 1. The van der Waals surface area contributed by atoms with E-state index in [1.807, 2.05) is 6.92 Å². The van der Waals surface area contributed by atoms with Crippen molar-refractivity contribution in [1.29, 1.82) is 0 Å². The number of carboxylic acids is 1. The molecule has 1 N–H and O–H groups in total. The molecule has 1 aromatic heterocycles. The number of sulfonamides is 1. The van der Waals surface area contributed by atoms with Gasteiger partial charge in [0.05, 0.1) is 5.56 Å². The van der Waals surface area contributed by atoms with E-state index < -0.39 is 16.0 Å². The highest BCUT2D eigenvalue weighted by atomic mass is 32.2. The topological polar surface area (TPSA) is 104 Å². The molecule has 2 rings (SSSR count). The van der Waals surface area contributed by atoms with Crippen molar-refractivity contribution in [3.63, 3.8) is 0 Å². The van der Waals surface area contributed by atoms with Crippen LogP contribution in [0.25, 0.3) is 0 Å². The van der Waals surface area contributed by atoms with Crippen molar-refractivity contribution in [2.24, 2.45) is 0 Å². The second-order valence-electron chi connectivity index (χ2n) is 5.65. The van der Waals surface area contributed by atoms with Crippen molar-refractivity contribution in [2.45, 2.75) is 24.0 Å². The summed E-state index contributed by atoms with van der Waals surface area (Å²) in [6.07, 6.45) is 1.90. The number of piperazine rings is 1. The van der Waals surface area contributed by atoms with E-state index in [-0.39, 0.29) is 35.4 Å². The van der Waals surface area contributed by atoms with E-state index in [0.29, 0.717) is 19.7 Å². The van der Waals surface area contributed by atoms with Gasteiger partial charge in [-0.05, 0) is 12.5 Å². The molecule has 1 fully saturated rings. The molecule has 0 spiro atoms. The average molecular weight is 390 g/mol. The smallest absolute Gasteiger partial charge is 0.336 e. The first-order valence-electron chi connectivity index (χ1n) is 8.03. The summed E-state index contributed by atoms with van der Waals surface area (Å²) in [4.78, 5) is 24.5. The molecule has 0 atom stereocenters. The van der Waals surface area contributed by atoms with Crippen molar-refractivity contribution < 1.29 is 27.9 Å². The van der Waals surface area contributed by atoms with Crippen LogP contribution in [0.5, 0.6) is 0 Å².